The van der Waals surface area contributed by atoms with Gasteiger partial charge in [-0.15, -0.1) is 71.8 Å². The third-order valence-corrected chi connectivity index (χ3v) is 9.15. The van der Waals surface area contributed by atoms with E-state index < -0.39 is 8.07 Å². The topological polar surface area (TPSA) is 25.8 Å². The number of hydrogen-bond donors (Lipinski definition) is 0. The van der Waals surface area contributed by atoms with Gasteiger partial charge in [0.05, 0.1) is 8.07 Å². The molecule has 43 heavy (non-hydrogen) atoms. The zero-order chi connectivity index (χ0) is 29.2. The van der Waals surface area contributed by atoms with Crippen LogP contribution >= 0.6 is 0 Å². The van der Waals surface area contributed by atoms with Gasteiger partial charge in [0.1, 0.15) is 0 Å². The second kappa shape index (κ2) is 15.5. The Bertz CT molecular complexity index is 1680. The van der Waals surface area contributed by atoms with Crippen molar-refractivity contribution < 1.29 is 20.1 Å². The maximum absolute atomic E-state index is 4.72. The summed E-state index contributed by atoms with van der Waals surface area (Å²) in [7, 11) is -1.43. The molecule has 0 atom stereocenters. The van der Waals surface area contributed by atoms with E-state index in [9.17, 15) is 0 Å². The SMILES string of the molecule is C[Si](C)(C)c1cnc(-c2[c-]cccc2)cc1Cc1ccccc1.[Ir].[c-]1ccccc1-c1cc(Cc2ccccc2)ccn1. The van der Waals surface area contributed by atoms with Crippen LogP contribution in [0.15, 0.2) is 140 Å². The smallest absolute Gasteiger partial charge is 0.0799 e. The van der Waals surface area contributed by atoms with Gasteiger partial charge in [-0.1, -0.05) is 98.0 Å². The summed E-state index contributed by atoms with van der Waals surface area (Å²) in [6.07, 6.45) is 5.86. The number of pyridine rings is 2. The summed E-state index contributed by atoms with van der Waals surface area (Å²) >= 11 is 0. The quantitative estimate of drug-likeness (QED) is 0.120. The molecule has 0 bridgehead atoms. The van der Waals surface area contributed by atoms with Crippen molar-refractivity contribution in [3.63, 3.8) is 0 Å². The van der Waals surface area contributed by atoms with Crippen molar-refractivity contribution in [3.05, 3.63) is 174 Å². The minimum absolute atomic E-state index is 0. The molecule has 0 aliphatic heterocycles. The van der Waals surface area contributed by atoms with E-state index in [2.05, 4.69) is 122 Å². The summed E-state index contributed by atoms with van der Waals surface area (Å²) in [6, 6.07) is 50.1. The molecule has 0 amide bonds. The van der Waals surface area contributed by atoms with Crippen molar-refractivity contribution in [2.75, 3.05) is 0 Å². The summed E-state index contributed by atoms with van der Waals surface area (Å²) in [5, 5.41) is 1.45. The molecule has 0 aliphatic carbocycles. The zero-order valence-electron chi connectivity index (χ0n) is 24.9. The Hall–Kier alpha value is -3.95. The van der Waals surface area contributed by atoms with Crippen molar-refractivity contribution in [1.82, 2.24) is 9.97 Å². The predicted octanol–water partition coefficient (Wildman–Crippen LogP) is 8.82. The van der Waals surface area contributed by atoms with Crippen LogP contribution in [0.3, 0.4) is 0 Å². The maximum atomic E-state index is 4.72. The molecular formula is C39H36IrN2Si-2. The fourth-order valence-corrected chi connectivity index (χ4v) is 6.53. The molecule has 0 spiro atoms. The molecule has 0 saturated heterocycles. The van der Waals surface area contributed by atoms with Crippen molar-refractivity contribution >= 4 is 13.3 Å². The Labute approximate surface area is 271 Å². The van der Waals surface area contributed by atoms with Crippen LogP contribution in [0.25, 0.3) is 22.5 Å². The van der Waals surface area contributed by atoms with Crippen LogP contribution in [-0.4, -0.2) is 18.0 Å². The van der Waals surface area contributed by atoms with Crippen LogP contribution in [0.1, 0.15) is 22.3 Å². The van der Waals surface area contributed by atoms with Crippen LogP contribution < -0.4 is 5.19 Å². The minimum atomic E-state index is -1.43. The van der Waals surface area contributed by atoms with Crippen LogP contribution in [0.4, 0.5) is 0 Å². The molecule has 2 aromatic heterocycles. The Kier molecular flexibility index (Phi) is 11.5. The molecule has 0 N–H and O–H groups in total. The van der Waals surface area contributed by atoms with Crippen molar-refractivity contribution in [2.45, 2.75) is 32.5 Å². The van der Waals surface area contributed by atoms with Crippen LogP contribution in [0, 0.1) is 12.1 Å². The van der Waals surface area contributed by atoms with E-state index in [0.717, 1.165) is 35.4 Å². The standard InChI is InChI=1S/C21H22NSi.C18H14N.Ir/c1-23(2,3)21-16-22-20(18-12-8-5-9-13-18)15-19(21)14-17-10-6-4-7-11-17;1-3-7-15(8-4-1)13-16-11-12-19-18(14-16)17-9-5-2-6-10-17;/h4-12,15-16H,14H2,1-3H3;1-9,11-12,14H,13H2;/q2*-1;. The molecule has 1 radical (unpaired) electrons. The van der Waals surface area contributed by atoms with Gasteiger partial charge in [-0.05, 0) is 52.2 Å². The summed E-state index contributed by atoms with van der Waals surface area (Å²) in [5.41, 5.74) is 9.43. The van der Waals surface area contributed by atoms with Crippen molar-refractivity contribution in [1.29, 1.82) is 0 Å². The zero-order valence-corrected chi connectivity index (χ0v) is 28.3. The molecule has 2 heterocycles. The largest absolute Gasteiger partial charge is 0.305 e. The molecule has 6 rings (SSSR count). The molecular weight excluding hydrogens is 717 g/mol. The van der Waals surface area contributed by atoms with Gasteiger partial charge >= 0.3 is 0 Å². The van der Waals surface area contributed by atoms with Gasteiger partial charge < -0.3 is 9.97 Å². The van der Waals surface area contributed by atoms with E-state index in [-0.39, 0.29) is 20.1 Å². The van der Waals surface area contributed by atoms with Gasteiger partial charge in [0.25, 0.3) is 0 Å². The molecule has 0 aliphatic rings. The van der Waals surface area contributed by atoms with Gasteiger partial charge in [0.15, 0.2) is 0 Å². The summed E-state index contributed by atoms with van der Waals surface area (Å²) in [5.74, 6) is 0. The van der Waals surface area contributed by atoms with E-state index in [1.807, 2.05) is 54.7 Å². The van der Waals surface area contributed by atoms with Gasteiger partial charge in [-0.3, -0.25) is 0 Å². The van der Waals surface area contributed by atoms with Gasteiger partial charge in [-0.25, -0.2) is 0 Å². The average Bonchev–Trinajstić information content (AvgIpc) is 3.03. The molecule has 4 aromatic carbocycles. The third-order valence-electron chi connectivity index (χ3n) is 7.08. The summed E-state index contributed by atoms with van der Waals surface area (Å²) in [6.45, 7) is 7.15. The van der Waals surface area contributed by atoms with Crippen molar-refractivity contribution in [3.8, 4) is 22.5 Å². The first-order valence-corrected chi connectivity index (χ1v) is 17.9. The second-order valence-corrected chi connectivity index (χ2v) is 16.4. The Morgan fingerprint density at radius 2 is 1.09 bits per heavy atom. The molecule has 217 valence electrons. The molecule has 0 unspecified atom stereocenters. The summed E-state index contributed by atoms with van der Waals surface area (Å²) < 4.78 is 0. The van der Waals surface area contributed by atoms with E-state index in [1.165, 1.54) is 27.4 Å². The molecule has 4 heteroatoms. The number of aromatic nitrogens is 2. The molecule has 6 aromatic rings. The first-order valence-electron chi connectivity index (χ1n) is 14.4. The minimum Gasteiger partial charge on any atom is -0.305 e. The molecule has 0 fully saturated rings. The van der Waals surface area contributed by atoms with Crippen LogP contribution in [-0.2, 0) is 32.9 Å². The fraction of sp³-hybridized carbons (Fsp3) is 0.128. The Morgan fingerprint density at radius 3 is 1.63 bits per heavy atom. The van der Waals surface area contributed by atoms with Crippen molar-refractivity contribution in [2.24, 2.45) is 0 Å². The number of benzene rings is 4. The normalized spacial score (nSPS) is 10.7. The predicted molar refractivity (Wildman–Crippen MR) is 178 cm³/mol. The van der Waals surface area contributed by atoms with Crippen LogP contribution in [0.2, 0.25) is 19.6 Å². The maximum Gasteiger partial charge on any atom is 0.0799 e. The first kappa shape index (κ1) is 32.0. The summed E-state index contributed by atoms with van der Waals surface area (Å²) in [4.78, 5) is 9.14. The van der Waals surface area contributed by atoms with E-state index in [1.54, 1.807) is 0 Å². The second-order valence-electron chi connectivity index (χ2n) is 11.4. The Morgan fingerprint density at radius 1 is 0.558 bits per heavy atom. The molecule has 2 nitrogen and oxygen atoms in total. The van der Waals surface area contributed by atoms with E-state index in [0.29, 0.717) is 0 Å². The Balaban J connectivity index is 0.000000195. The molecule has 0 saturated carbocycles. The number of hydrogen-bond acceptors (Lipinski definition) is 2. The van der Waals surface area contributed by atoms with Crippen LogP contribution in [0.5, 0.6) is 0 Å². The fourth-order valence-electron chi connectivity index (χ4n) is 4.95. The van der Waals surface area contributed by atoms with Gasteiger partial charge in [0.2, 0.25) is 0 Å². The van der Waals surface area contributed by atoms with Gasteiger partial charge in [0, 0.05) is 32.5 Å². The first-order chi connectivity index (χ1) is 20.5. The third kappa shape index (κ3) is 9.26. The number of rotatable bonds is 7. The monoisotopic (exact) mass is 753 g/mol. The van der Waals surface area contributed by atoms with E-state index in [4.69, 9.17) is 4.98 Å². The van der Waals surface area contributed by atoms with Gasteiger partial charge in [-0.2, -0.15) is 0 Å². The number of nitrogens with zero attached hydrogens (tertiary/aromatic N) is 2. The van der Waals surface area contributed by atoms with E-state index >= 15 is 0 Å². The average molecular weight is 753 g/mol.